The number of aryl methyl sites for hydroxylation is 1. The van der Waals surface area contributed by atoms with E-state index >= 15 is 0 Å². The molecule has 0 fully saturated rings. The van der Waals surface area contributed by atoms with Crippen molar-refractivity contribution >= 4 is 65.8 Å². The molecule has 3 aromatic carbocycles. The fraction of sp³-hybridized carbons (Fsp3) is 0.136. The van der Waals surface area contributed by atoms with Crippen LogP contribution in [-0.2, 0) is 20.2 Å². The average Bonchev–Trinajstić information content (AvgIpc) is 2.81. The molecule has 0 spiro atoms. The predicted octanol–water partition coefficient (Wildman–Crippen LogP) is 4.39. The van der Waals surface area contributed by atoms with Crippen molar-refractivity contribution < 1.29 is 25.9 Å². The Morgan fingerprint density at radius 3 is 2.34 bits per heavy atom. The van der Waals surface area contributed by atoms with Gasteiger partial charge in [0, 0.05) is 16.5 Å². The molecule has 0 aliphatic carbocycles. The lowest BCUT2D eigenvalue weighted by atomic mass is 10.1. The van der Waals surface area contributed by atoms with Crippen LogP contribution in [-0.4, -0.2) is 46.6 Å². The molecule has 0 radical (unpaired) electrons. The minimum Gasteiger partial charge on any atom is -0.326 e. The SMILES string of the molecule is CCSc1nc(Nc2ccc(N=Nc3cc(S(=O)(=O)O)c4cccc(S(=O)(=O)O)c4c3)c(C)c2)[nH]c(=O)n1. The van der Waals surface area contributed by atoms with Crippen molar-refractivity contribution in [3.8, 4) is 0 Å². The molecule has 4 N–H and O–H groups in total. The van der Waals surface area contributed by atoms with Crippen molar-refractivity contribution in [2.24, 2.45) is 10.2 Å². The van der Waals surface area contributed by atoms with Crippen molar-refractivity contribution in [2.45, 2.75) is 28.8 Å². The van der Waals surface area contributed by atoms with Crippen molar-refractivity contribution in [3.05, 3.63) is 64.6 Å². The van der Waals surface area contributed by atoms with Gasteiger partial charge in [0.15, 0.2) is 5.16 Å². The number of anilines is 2. The molecule has 0 aliphatic heterocycles. The maximum atomic E-state index is 12.0. The molecular weight excluding hydrogens is 556 g/mol. The summed E-state index contributed by atoms with van der Waals surface area (Å²) in [6.07, 6.45) is 0. The highest BCUT2D eigenvalue weighted by atomic mass is 32.2. The maximum Gasteiger partial charge on any atom is 0.350 e. The number of azo groups is 1. The number of benzene rings is 3. The van der Waals surface area contributed by atoms with Gasteiger partial charge in [-0.2, -0.15) is 37.0 Å². The van der Waals surface area contributed by atoms with E-state index in [1.165, 1.54) is 30.0 Å². The summed E-state index contributed by atoms with van der Waals surface area (Å²) >= 11 is 1.32. The van der Waals surface area contributed by atoms with E-state index in [-0.39, 0.29) is 22.4 Å². The van der Waals surface area contributed by atoms with Gasteiger partial charge in [-0.3, -0.25) is 14.1 Å². The van der Waals surface area contributed by atoms with Crippen LogP contribution in [0.25, 0.3) is 10.8 Å². The van der Waals surface area contributed by atoms with E-state index in [0.717, 1.165) is 12.1 Å². The molecular formula is C22H20N6O7S3. The van der Waals surface area contributed by atoms with Gasteiger partial charge in [0.05, 0.1) is 11.4 Å². The van der Waals surface area contributed by atoms with Gasteiger partial charge in [-0.15, -0.1) is 0 Å². The standard InChI is InChI=1S/C22H20N6O7S3/c1-3-36-22-25-20(24-21(29)26-22)23-13-7-8-17(12(2)9-13)28-27-14-10-16-15(19(11-14)38(33,34)35)5-4-6-18(16)37(30,31)32/h4-11H,3H2,1-2H3,(H,30,31,32)(H,33,34,35)(H2,23,24,25,26,29). The highest BCUT2D eigenvalue weighted by Gasteiger charge is 2.21. The summed E-state index contributed by atoms with van der Waals surface area (Å²) in [6.45, 7) is 3.65. The van der Waals surface area contributed by atoms with Crippen LogP contribution >= 0.6 is 11.8 Å². The lowest BCUT2D eigenvalue weighted by Gasteiger charge is -2.09. The molecule has 16 heteroatoms. The summed E-state index contributed by atoms with van der Waals surface area (Å²) in [5.41, 5.74) is 0.999. The smallest absolute Gasteiger partial charge is 0.326 e. The van der Waals surface area contributed by atoms with Gasteiger partial charge < -0.3 is 5.32 Å². The van der Waals surface area contributed by atoms with E-state index in [1.807, 2.05) is 6.92 Å². The molecule has 1 heterocycles. The van der Waals surface area contributed by atoms with E-state index in [9.17, 15) is 30.7 Å². The Balaban J connectivity index is 1.70. The number of H-pyrrole nitrogens is 1. The van der Waals surface area contributed by atoms with E-state index < -0.39 is 35.7 Å². The number of nitrogens with zero attached hydrogens (tertiary/aromatic N) is 4. The minimum atomic E-state index is -4.77. The Morgan fingerprint density at radius 2 is 1.68 bits per heavy atom. The summed E-state index contributed by atoms with van der Waals surface area (Å²) in [4.78, 5) is 21.2. The van der Waals surface area contributed by atoms with Crippen molar-refractivity contribution in [2.75, 3.05) is 11.1 Å². The van der Waals surface area contributed by atoms with Crippen molar-refractivity contribution in [1.29, 1.82) is 0 Å². The number of aromatic nitrogens is 3. The molecule has 13 nitrogen and oxygen atoms in total. The second-order valence-electron chi connectivity index (χ2n) is 7.79. The highest BCUT2D eigenvalue weighted by Crippen LogP contribution is 2.34. The van der Waals surface area contributed by atoms with Crippen LogP contribution in [0.2, 0.25) is 0 Å². The molecule has 0 bridgehead atoms. The first-order valence-corrected chi connectivity index (χ1v) is 14.6. The van der Waals surface area contributed by atoms with Crippen LogP contribution < -0.4 is 11.0 Å². The molecule has 0 amide bonds. The fourth-order valence-corrected chi connectivity index (χ4v) is 5.50. The first-order valence-electron chi connectivity index (χ1n) is 10.8. The van der Waals surface area contributed by atoms with Gasteiger partial charge in [0.1, 0.15) is 9.79 Å². The number of nitrogens with one attached hydrogen (secondary N) is 2. The topological polar surface area (TPSA) is 204 Å². The van der Waals surface area contributed by atoms with Gasteiger partial charge in [0.25, 0.3) is 20.2 Å². The highest BCUT2D eigenvalue weighted by molar-refractivity contribution is 7.99. The number of aromatic amines is 1. The predicted molar refractivity (Wildman–Crippen MR) is 141 cm³/mol. The first-order chi connectivity index (χ1) is 17.8. The second kappa shape index (κ2) is 10.6. The molecule has 4 rings (SSSR count). The number of fused-ring (bicyclic) bond motifs is 1. The summed E-state index contributed by atoms with van der Waals surface area (Å²) in [5, 5.41) is 11.2. The van der Waals surface area contributed by atoms with Gasteiger partial charge >= 0.3 is 5.69 Å². The van der Waals surface area contributed by atoms with E-state index in [1.54, 1.807) is 25.1 Å². The molecule has 0 atom stereocenters. The largest absolute Gasteiger partial charge is 0.350 e. The lowest BCUT2D eigenvalue weighted by Crippen LogP contribution is -2.15. The van der Waals surface area contributed by atoms with Crippen molar-refractivity contribution in [1.82, 2.24) is 15.0 Å². The van der Waals surface area contributed by atoms with Gasteiger partial charge in [-0.05, 0) is 54.6 Å². The summed E-state index contributed by atoms with van der Waals surface area (Å²) in [5.74, 6) is 0.903. The maximum absolute atomic E-state index is 12.0. The van der Waals surface area contributed by atoms with Gasteiger partial charge in [-0.25, -0.2) is 4.79 Å². The van der Waals surface area contributed by atoms with E-state index in [4.69, 9.17) is 0 Å². The third-order valence-corrected chi connectivity index (χ3v) is 7.63. The molecule has 0 aliphatic rings. The third kappa shape index (κ3) is 6.22. The Morgan fingerprint density at radius 1 is 0.947 bits per heavy atom. The van der Waals surface area contributed by atoms with Crippen molar-refractivity contribution in [3.63, 3.8) is 0 Å². The molecule has 0 unspecified atom stereocenters. The van der Waals surface area contributed by atoms with Crippen LogP contribution in [0.5, 0.6) is 0 Å². The van der Waals surface area contributed by atoms with Crippen LogP contribution in [0.15, 0.2) is 78.5 Å². The number of thioether (sulfide) groups is 1. The van der Waals surface area contributed by atoms with Crippen LogP contribution in [0.4, 0.5) is 23.0 Å². The van der Waals surface area contributed by atoms with Crippen LogP contribution in [0.3, 0.4) is 0 Å². The Bertz CT molecular complexity index is 1860. The number of hydrogen-bond acceptors (Lipinski definition) is 11. The minimum absolute atomic E-state index is 0.0812. The quantitative estimate of drug-likeness (QED) is 0.131. The second-order valence-corrected chi connectivity index (χ2v) is 11.8. The fourth-order valence-electron chi connectivity index (χ4n) is 3.52. The van der Waals surface area contributed by atoms with Crippen LogP contribution in [0, 0.1) is 6.92 Å². The average molecular weight is 577 g/mol. The van der Waals surface area contributed by atoms with Gasteiger partial charge in [0.2, 0.25) is 5.95 Å². The summed E-state index contributed by atoms with van der Waals surface area (Å²) in [7, 11) is -9.48. The van der Waals surface area contributed by atoms with Gasteiger partial charge in [-0.1, -0.05) is 30.8 Å². The molecule has 0 saturated heterocycles. The Kier molecular flexibility index (Phi) is 7.61. The molecule has 198 valence electrons. The number of hydrogen-bond donors (Lipinski definition) is 4. The molecule has 1 aromatic heterocycles. The summed E-state index contributed by atoms with van der Waals surface area (Å²) in [6, 6.07) is 10.9. The molecule has 38 heavy (non-hydrogen) atoms. The Hall–Kier alpha value is -3.70. The van der Waals surface area contributed by atoms with E-state index in [2.05, 4.69) is 30.5 Å². The first kappa shape index (κ1) is 27.3. The normalized spacial score (nSPS) is 12.3. The third-order valence-electron chi connectivity index (χ3n) is 5.09. The van der Waals surface area contributed by atoms with E-state index in [0.29, 0.717) is 27.8 Å². The Labute approximate surface area is 221 Å². The zero-order valence-corrected chi connectivity index (χ0v) is 22.2. The molecule has 0 saturated carbocycles. The molecule has 4 aromatic rings. The summed E-state index contributed by atoms with van der Waals surface area (Å²) < 4.78 is 66.9. The zero-order valence-electron chi connectivity index (χ0n) is 19.8. The monoisotopic (exact) mass is 576 g/mol. The van der Waals surface area contributed by atoms with Crippen LogP contribution in [0.1, 0.15) is 12.5 Å². The lowest BCUT2D eigenvalue weighted by molar-refractivity contribution is 0.481. The zero-order chi connectivity index (χ0) is 27.7. The number of rotatable bonds is 8.